The van der Waals surface area contributed by atoms with E-state index in [0.717, 1.165) is 34.2 Å². The van der Waals surface area contributed by atoms with Gasteiger partial charge in [0, 0.05) is 34.8 Å². The summed E-state index contributed by atoms with van der Waals surface area (Å²) in [6.07, 6.45) is 2.96. The molecule has 0 aliphatic heterocycles. The maximum atomic E-state index is 13.8. The number of rotatable bonds is 8. The van der Waals surface area contributed by atoms with Crippen molar-refractivity contribution in [3.05, 3.63) is 101 Å². The summed E-state index contributed by atoms with van der Waals surface area (Å²) in [5.74, 6) is 0.720. The Morgan fingerprint density at radius 3 is 2.53 bits per heavy atom. The lowest BCUT2D eigenvalue weighted by Gasteiger charge is -2.32. The molecule has 1 atom stereocenters. The van der Waals surface area contributed by atoms with E-state index in [1.165, 1.54) is 5.56 Å². The van der Waals surface area contributed by atoms with E-state index in [9.17, 15) is 4.79 Å². The number of nitrogens with one attached hydrogen (secondary N) is 1. The Morgan fingerprint density at radius 2 is 1.78 bits per heavy atom. The van der Waals surface area contributed by atoms with Crippen molar-refractivity contribution in [2.75, 3.05) is 13.2 Å². The van der Waals surface area contributed by atoms with Crippen LogP contribution >= 0.6 is 0 Å². The number of nitrogens with zero attached hydrogens (tertiary/aromatic N) is 1. The quantitative estimate of drug-likeness (QED) is 0.349. The molecule has 0 unspecified atom stereocenters. The molecule has 4 aromatic rings. The van der Waals surface area contributed by atoms with Crippen LogP contribution in [0.2, 0.25) is 0 Å². The molecule has 0 radical (unpaired) electrons. The third-order valence-electron chi connectivity index (χ3n) is 5.78. The summed E-state index contributed by atoms with van der Waals surface area (Å²) in [4.78, 5) is 19.1. The molecule has 1 heterocycles. The van der Waals surface area contributed by atoms with Crippen molar-refractivity contribution < 1.29 is 9.53 Å². The summed E-state index contributed by atoms with van der Waals surface area (Å²) in [6, 6.07) is 24.0. The van der Waals surface area contributed by atoms with E-state index >= 15 is 0 Å². The monoisotopic (exact) mass is 426 g/mol. The van der Waals surface area contributed by atoms with Crippen LogP contribution in [0.15, 0.2) is 79.0 Å². The van der Waals surface area contributed by atoms with Crippen molar-refractivity contribution in [2.24, 2.45) is 0 Å². The molecule has 0 saturated heterocycles. The number of carbonyl (C=O) groups is 1. The maximum absolute atomic E-state index is 13.8. The van der Waals surface area contributed by atoms with Crippen LogP contribution in [0.25, 0.3) is 10.9 Å². The van der Waals surface area contributed by atoms with Crippen LogP contribution in [0.1, 0.15) is 53.4 Å². The second-order valence-corrected chi connectivity index (χ2v) is 8.07. The van der Waals surface area contributed by atoms with Crippen molar-refractivity contribution in [1.82, 2.24) is 9.88 Å². The van der Waals surface area contributed by atoms with E-state index in [0.29, 0.717) is 18.7 Å². The van der Waals surface area contributed by atoms with Gasteiger partial charge in [0.1, 0.15) is 5.75 Å². The van der Waals surface area contributed by atoms with Gasteiger partial charge in [-0.25, -0.2) is 0 Å². The van der Waals surface area contributed by atoms with Crippen molar-refractivity contribution in [3.8, 4) is 5.75 Å². The van der Waals surface area contributed by atoms with Crippen LogP contribution in [0.5, 0.6) is 5.75 Å². The molecular weight excluding hydrogens is 396 g/mol. The highest BCUT2D eigenvalue weighted by Crippen LogP contribution is 2.35. The Kier molecular flexibility index (Phi) is 6.60. The number of carbonyl (C=O) groups excluding carboxylic acids is 1. The van der Waals surface area contributed by atoms with E-state index in [1.807, 2.05) is 54.4 Å². The number of aromatic amines is 1. The molecular formula is C28H30N2O2. The predicted molar refractivity (Wildman–Crippen MR) is 130 cm³/mol. The number of benzene rings is 3. The summed E-state index contributed by atoms with van der Waals surface area (Å²) >= 11 is 0. The number of hydrogen-bond acceptors (Lipinski definition) is 2. The number of fused-ring (bicyclic) bond motifs is 1. The van der Waals surface area contributed by atoms with Crippen LogP contribution < -0.4 is 4.74 Å². The minimum atomic E-state index is -0.204. The highest BCUT2D eigenvalue weighted by molar-refractivity contribution is 5.96. The van der Waals surface area contributed by atoms with E-state index < -0.39 is 0 Å². The van der Waals surface area contributed by atoms with Crippen LogP contribution in [0.3, 0.4) is 0 Å². The topological polar surface area (TPSA) is 45.3 Å². The summed E-state index contributed by atoms with van der Waals surface area (Å²) in [5.41, 5.74) is 5.09. The number of H-pyrrole nitrogens is 1. The fraction of sp³-hybridized carbons (Fsp3) is 0.250. The number of ether oxygens (including phenoxy) is 1. The first-order chi connectivity index (χ1) is 15.6. The summed E-state index contributed by atoms with van der Waals surface area (Å²) in [6.45, 7) is 7.40. The summed E-state index contributed by atoms with van der Waals surface area (Å²) < 4.78 is 5.77. The molecule has 0 spiro atoms. The molecule has 0 bridgehead atoms. The third kappa shape index (κ3) is 4.40. The SMILES string of the molecule is CCCOc1cccc(C(=O)N(CC)[C@H](c2ccc(C)cc2)c2c[nH]c3ccccc23)c1. The second-order valence-electron chi connectivity index (χ2n) is 8.07. The summed E-state index contributed by atoms with van der Waals surface area (Å²) in [7, 11) is 0. The molecule has 32 heavy (non-hydrogen) atoms. The van der Waals surface area contributed by atoms with E-state index in [4.69, 9.17) is 4.74 Å². The average Bonchev–Trinajstić information content (AvgIpc) is 3.25. The number of aryl methyl sites for hydroxylation is 1. The Balaban J connectivity index is 1.79. The Hall–Kier alpha value is -3.53. The molecule has 0 aliphatic rings. The van der Waals surface area contributed by atoms with Crippen molar-refractivity contribution >= 4 is 16.8 Å². The Morgan fingerprint density at radius 1 is 1.00 bits per heavy atom. The van der Waals surface area contributed by atoms with Crippen molar-refractivity contribution in [2.45, 2.75) is 33.2 Å². The normalized spacial score (nSPS) is 12.0. The minimum absolute atomic E-state index is 0.00898. The fourth-order valence-electron chi connectivity index (χ4n) is 4.14. The lowest BCUT2D eigenvalue weighted by Crippen LogP contribution is -2.35. The van der Waals surface area contributed by atoms with Gasteiger partial charge in [-0.3, -0.25) is 4.79 Å². The van der Waals surface area contributed by atoms with Crippen molar-refractivity contribution in [3.63, 3.8) is 0 Å². The molecule has 1 amide bonds. The average molecular weight is 427 g/mol. The zero-order chi connectivity index (χ0) is 22.5. The van der Waals surface area contributed by atoms with Gasteiger partial charge in [0.05, 0.1) is 12.6 Å². The minimum Gasteiger partial charge on any atom is -0.494 e. The van der Waals surface area contributed by atoms with Crippen LogP contribution in [-0.4, -0.2) is 28.9 Å². The van der Waals surface area contributed by atoms with Gasteiger partial charge in [-0.2, -0.15) is 0 Å². The van der Waals surface area contributed by atoms with Gasteiger partial charge in [-0.05, 0) is 50.1 Å². The summed E-state index contributed by atoms with van der Waals surface area (Å²) in [5, 5.41) is 1.13. The Bertz CT molecular complexity index is 1190. The number of aromatic nitrogens is 1. The molecule has 4 rings (SSSR count). The van der Waals surface area contributed by atoms with Crippen LogP contribution in [0, 0.1) is 6.92 Å². The first-order valence-electron chi connectivity index (χ1n) is 11.3. The largest absolute Gasteiger partial charge is 0.494 e. The van der Waals surface area contributed by atoms with E-state index in [1.54, 1.807) is 0 Å². The number of para-hydroxylation sites is 1. The molecule has 0 fully saturated rings. The molecule has 0 aliphatic carbocycles. The predicted octanol–water partition coefficient (Wildman–Crippen LogP) is 6.52. The molecule has 4 heteroatoms. The van der Waals surface area contributed by atoms with Gasteiger partial charge in [-0.15, -0.1) is 0 Å². The fourth-order valence-corrected chi connectivity index (χ4v) is 4.14. The standard InChI is InChI=1S/C28H30N2O2/c1-4-17-32-23-10-8-9-22(18-23)28(31)30(5-2)27(21-15-13-20(3)14-16-21)25-19-29-26-12-7-6-11-24(25)26/h6-16,18-19,27,29H,4-5,17H2,1-3H3/t27-/m1/s1. The first kappa shape index (κ1) is 21.7. The molecule has 1 N–H and O–H groups in total. The molecule has 4 nitrogen and oxygen atoms in total. The molecule has 1 aromatic heterocycles. The molecule has 0 saturated carbocycles. The number of amides is 1. The zero-order valence-electron chi connectivity index (χ0n) is 19.0. The van der Waals surface area contributed by atoms with Gasteiger partial charge in [0.15, 0.2) is 0 Å². The van der Waals surface area contributed by atoms with E-state index in [2.05, 4.69) is 55.2 Å². The van der Waals surface area contributed by atoms with Gasteiger partial charge in [0.2, 0.25) is 0 Å². The van der Waals surface area contributed by atoms with Gasteiger partial charge in [0.25, 0.3) is 5.91 Å². The maximum Gasteiger partial charge on any atom is 0.254 e. The van der Waals surface area contributed by atoms with Gasteiger partial charge < -0.3 is 14.6 Å². The van der Waals surface area contributed by atoms with Gasteiger partial charge >= 0.3 is 0 Å². The van der Waals surface area contributed by atoms with Crippen LogP contribution in [0.4, 0.5) is 0 Å². The first-order valence-corrected chi connectivity index (χ1v) is 11.3. The third-order valence-corrected chi connectivity index (χ3v) is 5.78. The van der Waals surface area contributed by atoms with Gasteiger partial charge in [-0.1, -0.05) is 61.0 Å². The van der Waals surface area contributed by atoms with Crippen LogP contribution in [-0.2, 0) is 0 Å². The zero-order valence-corrected chi connectivity index (χ0v) is 19.0. The van der Waals surface area contributed by atoms with E-state index in [-0.39, 0.29) is 11.9 Å². The second kappa shape index (κ2) is 9.73. The van der Waals surface area contributed by atoms with Crippen molar-refractivity contribution in [1.29, 1.82) is 0 Å². The molecule has 3 aromatic carbocycles. The lowest BCUT2D eigenvalue weighted by molar-refractivity contribution is 0.0717. The highest BCUT2D eigenvalue weighted by Gasteiger charge is 2.28. The highest BCUT2D eigenvalue weighted by atomic mass is 16.5. The lowest BCUT2D eigenvalue weighted by atomic mass is 9.95. The number of hydrogen-bond donors (Lipinski definition) is 1. The smallest absolute Gasteiger partial charge is 0.254 e. The Labute approximate surface area is 189 Å². The molecule has 164 valence electrons.